The summed E-state index contributed by atoms with van der Waals surface area (Å²) in [7, 11) is 26.1. The number of amides is 5. The van der Waals surface area contributed by atoms with Crippen LogP contribution >= 0.6 is 56.7 Å². The van der Waals surface area contributed by atoms with Gasteiger partial charge >= 0.3 is 0 Å². The summed E-state index contributed by atoms with van der Waals surface area (Å²) in [6, 6.07) is 54.6. The highest BCUT2D eigenvalue weighted by Crippen LogP contribution is 2.43. The van der Waals surface area contributed by atoms with Crippen molar-refractivity contribution in [3.63, 3.8) is 0 Å². The predicted molar refractivity (Wildman–Crippen MR) is 553 cm³/mol. The number of hydrogen-bond acceptors (Lipinski definition) is 26. The van der Waals surface area contributed by atoms with Gasteiger partial charge in [-0.05, 0) is 258 Å². The summed E-state index contributed by atoms with van der Waals surface area (Å²) in [5, 5.41) is 11.0. The molecule has 137 heavy (non-hydrogen) atoms. The molecule has 0 aliphatic rings. The van der Waals surface area contributed by atoms with Crippen LogP contribution in [0.1, 0.15) is 107 Å². The summed E-state index contributed by atoms with van der Waals surface area (Å²) in [5.41, 5.74) is 22.0. The van der Waals surface area contributed by atoms with Crippen molar-refractivity contribution in [3.05, 3.63) is 287 Å². The van der Waals surface area contributed by atoms with E-state index in [0.29, 0.717) is 82.2 Å². The fourth-order valence-corrected chi connectivity index (χ4v) is 18.2. The fourth-order valence-electron chi connectivity index (χ4n) is 14.1. The first-order valence-electron chi connectivity index (χ1n) is 42.9. The van der Waals surface area contributed by atoms with Crippen molar-refractivity contribution in [1.29, 1.82) is 0 Å². The van der Waals surface area contributed by atoms with E-state index in [-0.39, 0.29) is 29.5 Å². The first-order chi connectivity index (χ1) is 65.7. The lowest BCUT2D eigenvalue weighted by Gasteiger charge is -2.17. The number of ether oxygens (including phenoxy) is 11. The second-order valence-corrected chi connectivity index (χ2v) is 35.9. The molecule has 5 heterocycles. The normalized spacial score (nSPS) is 10.6. The van der Waals surface area contributed by atoms with Crippen LogP contribution in [0.5, 0.6) is 63.2 Å². The number of nitrogens with zero attached hydrogens (tertiary/aromatic N) is 10. The number of anilines is 5. The molecule has 0 spiro atoms. The summed E-state index contributed by atoms with van der Waals surface area (Å²) >= 11 is 7.20. The highest BCUT2D eigenvalue weighted by molar-refractivity contribution is 7.19. The van der Waals surface area contributed by atoms with Crippen molar-refractivity contribution < 1.29 is 76.1 Å². The minimum absolute atomic E-state index is 0.0505. The van der Waals surface area contributed by atoms with E-state index in [2.05, 4.69) is 87.3 Å². The van der Waals surface area contributed by atoms with Gasteiger partial charge in [0, 0.05) is 113 Å². The van der Waals surface area contributed by atoms with Crippen LogP contribution in [0.15, 0.2) is 204 Å². The first-order valence-corrected chi connectivity index (χ1v) is 47.2. The molecule has 26 nitrogen and oxygen atoms in total. The predicted octanol–water partition coefficient (Wildman–Crippen LogP) is 23.6. The van der Waals surface area contributed by atoms with Crippen LogP contribution < -0.4 is 76.6 Å². The lowest BCUT2D eigenvalue weighted by Crippen LogP contribution is -2.26. The van der Waals surface area contributed by atoms with Crippen LogP contribution in [0.2, 0.25) is 0 Å². The van der Waals surface area contributed by atoms with Gasteiger partial charge < -0.3 is 52.1 Å². The largest absolute Gasteiger partial charge is 0.497 e. The smallest absolute Gasteiger partial charge is 0.260 e. The zero-order valence-corrected chi connectivity index (χ0v) is 85.8. The van der Waals surface area contributed by atoms with E-state index < -0.39 is 0 Å². The zero-order valence-electron chi connectivity index (χ0n) is 81.7. The summed E-state index contributed by atoms with van der Waals surface area (Å²) in [4.78, 5) is 96.1. The number of benzene rings is 10. The number of rotatable bonds is 26. The molecule has 0 aliphatic carbocycles. The van der Waals surface area contributed by atoms with Gasteiger partial charge in [0.25, 0.3) is 29.5 Å². The average Bonchev–Trinajstić information content (AvgIpc) is 1.80. The molecule has 0 unspecified atom stereocenters. The number of aromatic nitrogens is 5. The lowest BCUT2D eigenvalue weighted by molar-refractivity contribution is 0.0984. The summed E-state index contributed by atoms with van der Waals surface area (Å²) < 4.78 is 58.8. The second-order valence-electron chi connectivity index (χ2n) is 31.5. The Morgan fingerprint density at radius 3 is 0.971 bits per heavy atom. The van der Waals surface area contributed by atoms with Crippen LogP contribution in [-0.2, 0) is 0 Å². The zero-order chi connectivity index (χ0) is 99.3. The Labute approximate surface area is 820 Å². The van der Waals surface area contributed by atoms with Crippen LogP contribution in [0, 0.1) is 69.2 Å². The molecular weight excluding hydrogens is 1830 g/mol. The molecule has 0 bridgehead atoms. The molecule has 5 amide bonds. The molecule has 5 aromatic heterocycles. The van der Waals surface area contributed by atoms with E-state index in [1.807, 2.05) is 144 Å². The SMILES string of the molecule is COc1cc(-c2csc(N(C)C(=O)c3cc(OC)c(OC)c(OC)c3)n2)cc(C)c1C.COc1ccc(C(=O)N(C)c2nc(-c3cc(C)c(C)c(OC)c3)cs2)c(C)c1.COc1ccc(C(=O)N(C)c2nc(-c3cc(C)c(C)c(OC)c3)cs2)cc1.COc1ccc(C(=O)N(C)c2nc(-c3cc(C)c(C)c(OC)c3)cs2)cc1OC.Cc1ccc(-c2cnc(N(C)C(=O)c3ccccc3)s2)cc1. The van der Waals surface area contributed by atoms with Crippen LogP contribution in [0.4, 0.5) is 25.7 Å². The molecule has 0 radical (unpaired) electrons. The minimum Gasteiger partial charge on any atom is -0.497 e. The average molecular weight is 1940 g/mol. The number of thiazole rings is 5. The maximum absolute atomic E-state index is 13.1. The number of aryl methyl sites for hydroxylation is 6. The monoisotopic (exact) mass is 1940 g/mol. The van der Waals surface area contributed by atoms with Crippen molar-refractivity contribution in [3.8, 4) is 119 Å². The third-order valence-electron chi connectivity index (χ3n) is 22.9. The van der Waals surface area contributed by atoms with Gasteiger partial charge in [-0.3, -0.25) is 48.5 Å². The third-order valence-corrected chi connectivity index (χ3v) is 27.7. The van der Waals surface area contributed by atoms with Gasteiger partial charge in [0.2, 0.25) is 5.75 Å². The van der Waals surface area contributed by atoms with E-state index in [4.69, 9.17) is 52.1 Å². The van der Waals surface area contributed by atoms with Gasteiger partial charge in [0.15, 0.2) is 48.7 Å². The van der Waals surface area contributed by atoms with Crippen molar-refractivity contribution in [2.45, 2.75) is 69.2 Å². The topological polar surface area (TPSA) is 268 Å². The molecular formula is C106H112N10O16S5. The standard InChI is InChI=1S/C23H26N2O5S.C22H24N2O4S.C22H24N2O3S.C21H22N2O3S.C18H16N2OS/c1-13-8-15(9-18(27-4)14(13)2)17-12-31-23(24-17)25(3)22(26)16-10-19(28-5)21(30-7)20(11-16)29-6;1-13-9-16(11-19(27-5)14(13)2)17-12-29-22(23-17)24(3)21(25)15-7-8-18(26-4)20(10-15)28-6;1-13-9-16(11-20(27-6)15(13)3)19-12-28-22(23-19)24(4)21(25)18-8-7-17(26-5)10-14(18)2;1-13-10-16(11-19(26-5)14(13)2)18-12-27-21(22-18)23(3)20(24)15-6-8-17(25-4)9-7-15;1-13-8-10-14(11-9-13)16-12-19-18(22-16)20(2)17(21)15-6-4-3-5-7-15/h8-12H,1-7H3;7-12H,1-6H3;7-12H,1-6H3;6-12H,1-5H3;3-12H,1-2H3. The molecule has 15 aromatic rings. The van der Waals surface area contributed by atoms with Gasteiger partial charge in [-0.25, -0.2) is 24.9 Å². The molecule has 0 atom stereocenters. The third kappa shape index (κ3) is 24.4. The van der Waals surface area contributed by atoms with E-state index in [9.17, 15) is 24.0 Å². The Kier molecular flexibility index (Phi) is 35.4. The van der Waals surface area contributed by atoms with Crippen molar-refractivity contribution in [2.75, 3.05) is 138 Å². The summed E-state index contributed by atoms with van der Waals surface area (Å²) in [6.07, 6.45) is 1.82. The molecule has 10 aromatic carbocycles. The van der Waals surface area contributed by atoms with Gasteiger partial charge in [0.05, 0.1) is 106 Å². The minimum atomic E-state index is -0.238. The summed E-state index contributed by atoms with van der Waals surface area (Å²) in [6.45, 7) is 20.3. The number of carbonyl (C=O) groups excluding carboxylic acids is 5. The van der Waals surface area contributed by atoms with E-state index in [1.54, 1.807) is 174 Å². The molecule has 0 N–H and O–H groups in total. The molecule has 31 heteroatoms. The Morgan fingerprint density at radius 2 is 0.606 bits per heavy atom. The number of carbonyl (C=O) groups is 5. The van der Waals surface area contributed by atoms with E-state index in [0.717, 1.165) is 140 Å². The molecule has 15 rings (SSSR count). The van der Waals surface area contributed by atoms with Crippen molar-refractivity contribution in [2.24, 2.45) is 0 Å². The Bertz CT molecular complexity index is 6760. The van der Waals surface area contributed by atoms with Gasteiger partial charge in [-0.1, -0.05) is 59.4 Å². The first kappa shape index (κ1) is 103. The molecule has 0 saturated heterocycles. The fraction of sp³-hybridized carbons (Fsp3) is 0.245. The quantitative estimate of drug-likeness (QED) is 0.0487. The van der Waals surface area contributed by atoms with Crippen molar-refractivity contribution in [1.82, 2.24) is 24.9 Å². The highest BCUT2D eigenvalue weighted by atomic mass is 32.1. The maximum atomic E-state index is 13.1. The Morgan fingerprint density at radius 1 is 0.270 bits per heavy atom. The Balaban J connectivity index is 0.000000165. The number of methoxy groups -OCH3 is 11. The van der Waals surface area contributed by atoms with E-state index >= 15 is 0 Å². The molecule has 0 aliphatic heterocycles. The van der Waals surface area contributed by atoms with Crippen LogP contribution in [0.3, 0.4) is 0 Å². The Hall–Kier alpha value is -14.5. The van der Waals surface area contributed by atoms with Gasteiger partial charge in [-0.2, -0.15) is 0 Å². The molecule has 0 saturated carbocycles. The van der Waals surface area contributed by atoms with Gasteiger partial charge in [-0.15, -0.1) is 45.3 Å². The highest BCUT2D eigenvalue weighted by Gasteiger charge is 2.27. The van der Waals surface area contributed by atoms with E-state index in [1.165, 1.54) is 93.4 Å². The number of hydrogen-bond donors (Lipinski definition) is 0. The maximum Gasteiger partial charge on any atom is 0.260 e. The summed E-state index contributed by atoms with van der Waals surface area (Å²) in [5.74, 6) is 6.43. The van der Waals surface area contributed by atoms with Crippen LogP contribution in [0.25, 0.3) is 55.5 Å². The molecule has 712 valence electrons. The molecule has 0 fully saturated rings. The lowest BCUT2D eigenvalue weighted by atomic mass is 10.0. The van der Waals surface area contributed by atoms with Gasteiger partial charge in [0.1, 0.15) is 34.5 Å². The van der Waals surface area contributed by atoms with Crippen LogP contribution in [-0.4, -0.2) is 168 Å². The van der Waals surface area contributed by atoms with Crippen molar-refractivity contribution >= 4 is 112 Å². The second kappa shape index (κ2) is 47.1.